The molecule has 41 heavy (non-hydrogen) atoms. The number of hydrogen-bond donors (Lipinski definition) is 4. The van der Waals surface area contributed by atoms with Crippen molar-refractivity contribution >= 4 is 69.6 Å². The highest BCUT2D eigenvalue weighted by molar-refractivity contribution is 8.00. The number of thioether (sulfide) groups is 1. The minimum atomic E-state index is -1.05. The number of rotatable bonds is 8. The van der Waals surface area contributed by atoms with Gasteiger partial charge in [-0.05, 0) is 32.4 Å². The molecule has 0 spiro atoms. The molecule has 2 aliphatic heterocycles. The summed E-state index contributed by atoms with van der Waals surface area (Å²) >= 11 is 2.32. The minimum Gasteiger partial charge on any atom is -0.427 e. The Bertz CT molecular complexity index is 1480. The van der Waals surface area contributed by atoms with Crippen LogP contribution in [0.25, 0.3) is 6.08 Å². The number of nitrogens with two attached hydrogens (primary N) is 2. The summed E-state index contributed by atoms with van der Waals surface area (Å²) in [5.41, 5.74) is 11.1. The van der Waals surface area contributed by atoms with Gasteiger partial charge < -0.3 is 31.5 Å². The monoisotopic (exact) mass is 602 g/mol. The van der Waals surface area contributed by atoms with Gasteiger partial charge in [0.2, 0.25) is 6.79 Å². The summed E-state index contributed by atoms with van der Waals surface area (Å²) in [6, 6.07) is -1.05. The van der Waals surface area contributed by atoms with Crippen molar-refractivity contribution in [3.8, 4) is 0 Å². The zero-order chi connectivity index (χ0) is 29.9. The van der Waals surface area contributed by atoms with E-state index in [1.54, 1.807) is 32.9 Å². The second-order valence-corrected chi connectivity index (χ2v) is 11.7. The fourth-order valence-corrected chi connectivity index (χ4v) is 5.54. The van der Waals surface area contributed by atoms with Crippen LogP contribution in [0.4, 0.5) is 10.9 Å². The van der Waals surface area contributed by atoms with Gasteiger partial charge in [0.15, 0.2) is 10.8 Å². The molecule has 4 heterocycles. The molecule has 1 fully saturated rings. The Morgan fingerprint density at radius 3 is 2.66 bits per heavy atom. The largest absolute Gasteiger partial charge is 0.427 e. The van der Waals surface area contributed by atoms with Crippen LogP contribution < -0.4 is 16.8 Å². The first kappa shape index (κ1) is 29.5. The van der Waals surface area contributed by atoms with Crippen LogP contribution in [-0.2, 0) is 28.7 Å². The van der Waals surface area contributed by atoms with Crippen LogP contribution in [0.3, 0.4) is 0 Å². The summed E-state index contributed by atoms with van der Waals surface area (Å²) in [6.45, 7) is 4.28. The molecule has 2 aromatic rings. The summed E-state index contributed by atoms with van der Waals surface area (Å²) in [5.74, 6) is -2.52. The summed E-state index contributed by atoms with van der Waals surface area (Å²) in [7, 11) is 0. The van der Waals surface area contributed by atoms with Crippen molar-refractivity contribution in [3.05, 3.63) is 46.5 Å². The van der Waals surface area contributed by atoms with Crippen molar-refractivity contribution in [2.75, 3.05) is 24.0 Å². The number of anilines is 2. The lowest BCUT2D eigenvalue weighted by atomic mass is 9.98. The SMILES string of the molecule is CC(C)(C)C(=O)OCOC(=O)C1=C(/C=C/c2cncnc2N)CS[C@H]2[C@H](NC(=O)/C(=N\O)c3csc(N)n3)C(=O)N12. The molecule has 6 N–H and O–H groups in total. The van der Waals surface area contributed by atoms with E-state index in [1.165, 1.54) is 34.6 Å². The number of fused-ring (bicyclic) bond motifs is 1. The van der Waals surface area contributed by atoms with Gasteiger partial charge in [0.1, 0.15) is 35.0 Å². The maximum atomic E-state index is 13.3. The van der Waals surface area contributed by atoms with Gasteiger partial charge in [-0.25, -0.2) is 19.7 Å². The normalized spacial score (nSPS) is 19.0. The summed E-state index contributed by atoms with van der Waals surface area (Å²) in [6.07, 6.45) is 5.95. The number of thiazole rings is 1. The Hall–Kier alpha value is -4.51. The molecule has 0 aromatic carbocycles. The average Bonchev–Trinajstić information content (AvgIpc) is 3.35. The van der Waals surface area contributed by atoms with Crippen molar-refractivity contribution in [1.29, 1.82) is 0 Å². The van der Waals surface area contributed by atoms with Gasteiger partial charge in [-0.3, -0.25) is 19.3 Å². The number of hydrogen-bond acceptors (Lipinski definition) is 15. The lowest BCUT2D eigenvalue weighted by Crippen LogP contribution is -2.71. The maximum Gasteiger partial charge on any atom is 0.358 e. The third kappa shape index (κ3) is 6.30. The summed E-state index contributed by atoms with van der Waals surface area (Å²) < 4.78 is 10.2. The number of allylic oxidation sites excluding steroid dienone is 1. The number of amides is 2. The zero-order valence-corrected chi connectivity index (χ0v) is 23.7. The number of nitrogen functional groups attached to an aromatic ring is 2. The number of carbonyl (C=O) groups excluding carboxylic acids is 4. The van der Waals surface area contributed by atoms with Gasteiger partial charge >= 0.3 is 11.9 Å². The highest BCUT2D eigenvalue weighted by Gasteiger charge is 2.54. The molecular weight excluding hydrogens is 576 g/mol. The number of nitrogens with zero attached hydrogens (tertiary/aromatic N) is 5. The number of esters is 2. The molecule has 4 rings (SSSR count). The Morgan fingerprint density at radius 2 is 2.02 bits per heavy atom. The lowest BCUT2D eigenvalue weighted by Gasteiger charge is -2.49. The number of β-lactam (4-membered cyclic amide) rings is 1. The molecule has 2 aromatic heterocycles. The van der Waals surface area contributed by atoms with Gasteiger partial charge in [-0.2, -0.15) is 0 Å². The van der Waals surface area contributed by atoms with E-state index in [-0.39, 0.29) is 28.1 Å². The molecule has 15 nitrogen and oxygen atoms in total. The number of aromatic nitrogens is 3. The Labute approximate surface area is 241 Å². The van der Waals surface area contributed by atoms with Crippen molar-refractivity contribution in [3.63, 3.8) is 0 Å². The van der Waals surface area contributed by atoms with Crippen molar-refractivity contribution in [1.82, 2.24) is 25.2 Å². The van der Waals surface area contributed by atoms with E-state index >= 15 is 0 Å². The second kappa shape index (κ2) is 11.9. The third-order valence-corrected chi connectivity index (χ3v) is 7.76. The molecule has 0 bridgehead atoms. The van der Waals surface area contributed by atoms with E-state index in [9.17, 15) is 24.4 Å². The molecule has 0 saturated carbocycles. The first-order chi connectivity index (χ1) is 19.4. The van der Waals surface area contributed by atoms with Gasteiger partial charge in [0.05, 0.1) is 5.41 Å². The molecular formula is C24H26N8O7S2. The maximum absolute atomic E-state index is 13.3. The van der Waals surface area contributed by atoms with E-state index in [0.717, 1.165) is 11.3 Å². The fraction of sp³-hybridized carbons (Fsp3) is 0.333. The second-order valence-electron chi connectivity index (χ2n) is 9.68. The molecule has 2 amide bonds. The summed E-state index contributed by atoms with van der Waals surface area (Å²) in [5, 5.41) is 15.8. The standard InChI is InChI=1S/C24H26N8O7S2/c1-24(2,3)22(36)39-10-38-21(35)16-12(5-4-11-6-27-9-28-17(11)25)7-40-20-15(19(34)32(16)20)30-18(33)14(31-37)13-8-41-23(26)29-13/h4-6,8-9,15,20,37H,7,10H2,1-3H3,(H2,26,29)(H,30,33)(H2,25,27,28)/b5-4+,31-14-/t15-,20+/m1/s1. The first-order valence-corrected chi connectivity index (χ1v) is 13.8. The number of carbonyl (C=O) groups is 4. The molecule has 2 aliphatic rings. The van der Waals surface area contributed by atoms with Crippen molar-refractivity contribution in [2.24, 2.45) is 10.6 Å². The molecule has 216 valence electrons. The van der Waals surface area contributed by atoms with Crippen molar-refractivity contribution in [2.45, 2.75) is 32.2 Å². The number of ether oxygens (including phenoxy) is 2. The van der Waals surface area contributed by atoms with Gasteiger partial charge in [0.25, 0.3) is 11.8 Å². The molecule has 0 unspecified atom stereocenters. The molecule has 17 heteroatoms. The Balaban J connectivity index is 1.56. The van der Waals surface area contributed by atoms with E-state index in [0.29, 0.717) is 11.1 Å². The van der Waals surface area contributed by atoms with Crippen LogP contribution in [0.1, 0.15) is 32.0 Å². The molecule has 1 saturated heterocycles. The first-order valence-electron chi connectivity index (χ1n) is 11.9. The molecule has 0 radical (unpaired) electrons. The quantitative estimate of drug-likeness (QED) is 0.0817. The van der Waals surface area contributed by atoms with Gasteiger partial charge in [-0.1, -0.05) is 11.2 Å². The number of oxime groups is 1. The van der Waals surface area contributed by atoms with E-state index in [4.69, 9.17) is 20.9 Å². The third-order valence-electron chi connectivity index (χ3n) is 5.79. The van der Waals surface area contributed by atoms with Crippen LogP contribution in [0.15, 0.2) is 40.4 Å². The van der Waals surface area contributed by atoms with Crippen LogP contribution in [0, 0.1) is 5.41 Å². The zero-order valence-electron chi connectivity index (χ0n) is 22.1. The highest BCUT2D eigenvalue weighted by atomic mass is 32.2. The number of nitrogens with one attached hydrogen (secondary N) is 1. The smallest absolute Gasteiger partial charge is 0.358 e. The summed E-state index contributed by atoms with van der Waals surface area (Å²) in [4.78, 5) is 64.3. The molecule has 0 aliphatic carbocycles. The lowest BCUT2D eigenvalue weighted by molar-refractivity contribution is -0.173. The van der Waals surface area contributed by atoms with Gasteiger partial charge in [-0.15, -0.1) is 23.1 Å². The van der Waals surface area contributed by atoms with Crippen LogP contribution in [-0.4, -0.2) is 78.5 Å². The van der Waals surface area contributed by atoms with E-state index in [1.807, 2.05) is 0 Å². The van der Waals surface area contributed by atoms with Gasteiger partial charge in [0, 0.05) is 22.9 Å². The van der Waals surface area contributed by atoms with E-state index < -0.39 is 53.1 Å². The highest BCUT2D eigenvalue weighted by Crippen LogP contribution is 2.41. The topological polar surface area (TPSA) is 225 Å². The minimum absolute atomic E-state index is 0.0398. The van der Waals surface area contributed by atoms with Crippen LogP contribution in [0.2, 0.25) is 0 Å². The van der Waals surface area contributed by atoms with E-state index in [2.05, 4.69) is 25.4 Å². The predicted molar refractivity (Wildman–Crippen MR) is 149 cm³/mol. The molecule has 2 atom stereocenters. The Morgan fingerprint density at radius 1 is 1.27 bits per heavy atom. The van der Waals surface area contributed by atoms with Crippen LogP contribution >= 0.6 is 23.1 Å². The average molecular weight is 603 g/mol. The predicted octanol–water partition coefficient (Wildman–Crippen LogP) is 0.733. The van der Waals surface area contributed by atoms with Crippen LogP contribution in [0.5, 0.6) is 0 Å². The van der Waals surface area contributed by atoms with Crippen molar-refractivity contribution < 1.29 is 33.9 Å². The fourth-order valence-electron chi connectivity index (χ4n) is 3.67. The Kier molecular flexibility index (Phi) is 8.57.